The van der Waals surface area contributed by atoms with Gasteiger partial charge in [-0.25, -0.2) is 0 Å². The maximum absolute atomic E-state index is 6.17. The minimum Gasteiger partial charge on any atom is -0.381 e. The van der Waals surface area contributed by atoms with Gasteiger partial charge in [-0.3, -0.25) is 10.00 Å². The van der Waals surface area contributed by atoms with Crippen LogP contribution in [-0.2, 0) is 28.9 Å². The Hall–Kier alpha value is -0.910. The van der Waals surface area contributed by atoms with Crippen LogP contribution in [0.1, 0.15) is 49.1 Å². The van der Waals surface area contributed by atoms with Crippen molar-refractivity contribution in [1.82, 2.24) is 15.1 Å². The first kappa shape index (κ1) is 14.7. The standard InChI is InChI=1S/C17H27N3O2/c1-20(12-16-14-3-2-4-15(14)18-19-16)13-5-8-22-17(11-13)6-9-21-10-7-17/h13H,2-12H2,1H3,(H,18,19). The van der Waals surface area contributed by atoms with Crippen molar-refractivity contribution in [2.75, 3.05) is 26.9 Å². The van der Waals surface area contributed by atoms with E-state index in [0.717, 1.165) is 52.0 Å². The first-order valence-electron chi connectivity index (χ1n) is 8.73. The second-order valence-electron chi connectivity index (χ2n) is 7.19. The molecule has 4 rings (SSSR count). The van der Waals surface area contributed by atoms with Crippen molar-refractivity contribution >= 4 is 0 Å². The molecule has 2 fully saturated rings. The number of nitrogens with one attached hydrogen (secondary N) is 1. The Balaban J connectivity index is 1.42. The van der Waals surface area contributed by atoms with Crippen LogP contribution in [-0.4, -0.2) is 53.6 Å². The van der Waals surface area contributed by atoms with Crippen LogP contribution in [0, 0.1) is 0 Å². The van der Waals surface area contributed by atoms with Crippen LogP contribution in [0.5, 0.6) is 0 Å². The SMILES string of the molecule is CN(Cc1n[nH]c2c1CCC2)C1CCOC2(CCOCC2)C1. The Kier molecular flexibility index (Phi) is 3.96. The summed E-state index contributed by atoms with van der Waals surface area (Å²) in [4.78, 5) is 2.49. The highest BCUT2D eigenvalue weighted by Crippen LogP contribution is 2.36. The van der Waals surface area contributed by atoms with Gasteiger partial charge in [-0.15, -0.1) is 0 Å². The van der Waals surface area contributed by atoms with Crippen LogP contribution in [0.2, 0.25) is 0 Å². The highest BCUT2D eigenvalue weighted by molar-refractivity contribution is 5.29. The lowest BCUT2D eigenvalue weighted by atomic mass is 9.83. The van der Waals surface area contributed by atoms with E-state index < -0.39 is 0 Å². The average molecular weight is 305 g/mol. The van der Waals surface area contributed by atoms with Crippen molar-refractivity contribution in [1.29, 1.82) is 0 Å². The van der Waals surface area contributed by atoms with E-state index >= 15 is 0 Å². The minimum absolute atomic E-state index is 0.0724. The van der Waals surface area contributed by atoms with Gasteiger partial charge in [-0.2, -0.15) is 5.10 Å². The molecule has 1 spiro atoms. The molecule has 1 unspecified atom stereocenters. The molecular weight excluding hydrogens is 278 g/mol. The Morgan fingerprint density at radius 1 is 1.27 bits per heavy atom. The number of hydrogen-bond acceptors (Lipinski definition) is 4. The zero-order valence-electron chi connectivity index (χ0n) is 13.6. The Morgan fingerprint density at radius 2 is 2.14 bits per heavy atom. The summed E-state index contributed by atoms with van der Waals surface area (Å²) in [7, 11) is 2.25. The van der Waals surface area contributed by atoms with E-state index in [2.05, 4.69) is 22.1 Å². The minimum atomic E-state index is 0.0724. The fourth-order valence-electron chi connectivity index (χ4n) is 4.35. The summed E-state index contributed by atoms with van der Waals surface area (Å²) < 4.78 is 11.7. The van der Waals surface area contributed by atoms with Gasteiger partial charge in [0.25, 0.3) is 0 Å². The van der Waals surface area contributed by atoms with Gasteiger partial charge in [-0.05, 0) is 57.6 Å². The smallest absolute Gasteiger partial charge is 0.0797 e. The fourth-order valence-corrected chi connectivity index (χ4v) is 4.35. The van der Waals surface area contributed by atoms with Crippen molar-refractivity contribution in [3.05, 3.63) is 17.0 Å². The maximum atomic E-state index is 6.17. The van der Waals surface area contributed by atoms with E-state index in [0.29, 0.717) is 6.04 Å². The average Bonchev–Trinajstić information content (AvgIpc) is 3.13. The summed E-state index contributed by atoms with van der Waals surface area (Å²) in [6, 6.07) is 0.598. The number of rotatable bonds is 3. The highest BCUT2D eigenvalue weighted by atomic mass is 16.5. The van der Waals surface area contributed by atoms with Crippen molar-refractivity contribution in [3.63, 3.8) is 0 Å². The monoisotopic (exact) mass is 305 g/mol. The van der Waals surface area contributed by atoms with Crippen molar-refractivity contribution in [3.8, 4) is 0 Å². The molecule has 3 aliphatic rings. The number of nitrogens with zero attached hydrogens (tertiary/aromatic N) is 2. The summed E-state index contributed by atoms with van der Waals surface area (Å²) in [5.74, 6) is 0. The zero-order chi connectivity index (χ0) is 15.0. The number of aryl methyl sites for hydroxylation is 1. The van der Waals surface area contributed by atoms with Crippen LogP contribution in [0.25, 0.3) is 0 Å². The first-order chi connectivity index (χ1) is 10.8. The predicted molar refractivity (Wildman–Crippen MR) is 83.8 cm³/mol. The van der Waals surface area contributed by atoms with E-state index in [4.69, 9.17) is 9.47 Å². The van der Waals surface area contributed by atoms with E-state index in [9.17, 15) is 0 Å². The Bertz CT molecular complexity index is 516. The van der Waals surface area contributed by atoms with Gasteiger partial charge in [0.1, 0.15) is 0 Å². The molecule has 0 aromatic carbocycles. The van der Waals surface area contributed by atoms with E-state index in [-0.39, 0.29) is 5.60 Å². The number of aromatic nitrogens is 2. The molecule has 0 bridgehead atoms. The van der Waals surface area contributed by atoms with Gasteiger partial charge >= 0.3 is 0 Å². The Labute approximate surface area is 132 Å². The second-order valence-corrected chi connectivity index (χ2v) is 7.19. The molecule has 122 valence electrons. The van der Waals surface area contributed by atoms with E-state index in [1.165, 1.54) is 36.2 Å². The lowest BCUT2D eigenvalue weighted by Gasteiger charge is -2.45. The summed E-state index contributed by atoms with van der Waals surface area (Å²) in [5.41, 5.74) is 4.20. The van der Waals surface area contributed by atoms with Crippen LogP contribution in [0.3, 0.4) is 0 Å². The van der Waals surface area contributed by atoms with Crippen LogP contribution in [0.15, 0.2) is 0 Å². The molecule has 0 amide bonds. The molecule has 1 aliphatic carbocycles. The number of H-pyrrole nitrogens is 1. The molecule has 1 atom stereocenters. The predicted octanol–water partition coefficient (Wildman–Crippen LogP) is 2.06. The summed E-state index contributed by atoms with van der Waals surface area (Å²) in [5, 5.41) is 7.79. The second kappa shape index (κ2) is 5.95. The third-order valence-electron chi connectivity index (χ3n) is 5.79. The molecule has 0 saturated carbocycles. The maximum Gasteiger partial charge on any atom is 0.0797 e. The van der Waals surface area contributed by atoms with Gasteiger partial charge in [0.15, 0.2) is 0 Å². The quantitative estimate of drug-likeness (QED) is 0.929. The fraction of sp³-hybridized carbons (Fsp3) is 0.824. The van der Waals surface area contributed by atoms with Gasteiger partial charge in [-0.1, -0.05) is 0 Å². The van der Waals surface area contributed by atoms with Crippen molar-refractivity contribution in [2.45, 2.75) is 63.1 Å². The van der Waals surface area contributed by atoms with Crippen LogP contribution < -0.4 is 0 Å². The summed E-state index contributed by atoms with van der Waals surface area (Å²) in [6.07, 6.45) is 8.02. The van der Waals surface area contributed by atoms with Crippen LogP contribution >= 0.6 is 0 Å². The molecule has 1 aromatic heterocycles. The summed E-state index contributed by atoms with van der Waals surface area (Å²) in [6.45, 7) is 3.55. The molecule has 1 N–H and O–H groups in total. The van der Waals surface area contributed by atoms with Gasteiger partial charge < -0.3 is 9.47 Å². The topological polar surface area (TPSA) is 50.4 Å². The zero-order valence-corrected chi connectivity index (χ0v) is 13.6. The molecule has 22 heavy (non-hydrogen) atoms. The molecular formula is C17H27N3O2. The summed E-state index contributed by atoms with van der Waals surface area (Å²) >= 11 is 0. The van der Waals surface area contributed by atoms with E-state index in [1.54, 1.807) is 0 Å². The molecule has 2 saturated heterocycles. The number of hydrogen-bond donors (Lipinski definition) is 1. The van der Waals surface area contributed by atoms with Gasteiger partial charge in [0.05, 0.1) is 11.3 Å². The first-order valence-corrected chi connectivity index (χ1v) is 8.73. The van der Waals surface area contributed by atoms with E-state index in [1.807, 2.05) is 0 Å². The normalized spacial score (nSPS) is 27.5. The van der Waals surface area contributed by atoms with Crippen LogP contribution in [0.4, 0.5) is 0 Å². The molecule has 1 aromatic rings. The molecule has 5 nitrogen and oxygen atoms in total. The highest BCUT2D eigenvalue weighted by Gasteiger charge is 2.40. The third kappa shape index (κ3) is 2.70. The number of aromatic amines is 1. The van der Waals surface area contributed by atoms with Gasteiger partial charge in [0, 0.05) is 38.1 Å². The molecule has 5 heteroatoms. The molecule has 3 heterocycles. The molecule has 2 aliphatic heterocycles. The van der Waals surface area contributed by atoms with Gasteiger partial charge in [0.2, 0.25) is 0 Å². The number of fused-ring (bicyclic) bond motifs is 1. The third-order valence-corrected chi connectivity index (χ3v) is 5.79. The lowest BCUT2D eigenvalue weighted by Crippen LogP contribution is -2.50. The number of ether oxygens (including phenoxy) is 2. The lowest BCUT2D eigenvalue weighted by molar-refractivity contribution is -0.150. The van der Waals surface area contributed by atoms with Crippen molar-refractivity contribution < 1.29 is 9.47 Å². The Morgan fingerprint density at radius 3 is 3.00 bits per heavy atom. The largest absolute Gasteiger partial charge is 0.381 e. The molecule has 0 radical (unpaired) electrons. The van der Waals surface area contributed by atoms with Crippen molar-refractivity contribution in [2.24, 2.45) is 0 Å².